The molecule has 3 nitrogen and oxygen atoms in total. The van der Waals surface area contributed by atoms with Gasteiger partial charge in [0.2, 0.25) is 0 Å². The zero-order valence-electron chi connectivity index (χ0n) is 6.47. The van der Waals surface area contributed by atoms with E-state index in [1.54, 1.807) is 0 Å². The number of aromatic nitrogens is 1. The van der Waals surface area contributed by atoms with E-state index in [-0.39, 0.29) is 3.57 Å². The van der Waals surface area contributed by atoms with Crippen molar-refractivity contribution in [1.82, 2.24) is 4.98 Å². The zero-order valence-corrected chi connectivity index (χ0v) is 8.63. The van der Waals surface area contributed by atoms with E-state index in [2.05, 4.69) is 4.98 Å². The quantitative estimate of drug-likeness (QED) is 0.853. The summed E-state index contributed by atoms with van der Waals surface area (Å²) in [7, 11) is 0. The van der Waals surface area contributed by atoms with Crippen LogP contribution in [0, 0.1) is 9.39 Å². The summed E-state index contributed by atoms with van der Waals surface area (Å²) in [6, 6.07) is 0.721. The minimum atomic E-state index is -3.12. The lowest BCUT2D eigenvalue weighted by molar-refractivity contribution is 0.0687. The van der Waals surface area contributed by atoms with Crippen LogP contribution in [0.1, 0.15) is 22.6 Å². The fraction of sp³-hybridized carbons (Fsp3) is 0.143. The highest BCUT2D eigenvalue weighted by molar-refractivity contribution is 14.1. The summed E-state index contributed by atoms with van der Waals surface area (Å²) in [6.07, 6.45) is -3.12. The molecule has 0 unspecified atom stereocenters. The van der Waals surface area contributed by atoms with Crippen molar-refractivity contribution in [2.24, 2.45) is 0 Å². The highest BCUT2D eigenvalue weighted by atomic mass is 127. The van der Waals surface area contributed by atoms with Gasteiger partial charge in [-0.15, -0.1) is 0 Å². The molecule has 0 fully saturated rings. The van der Waals surface area contributed by atoms with Crippen molar-refractivity contribution in [3.8, 4) is 0 Å². The fourth-order valence-corrected chi connectivity index (χ4v) is 1.41. The molecule has 0 atom stereocenters. The number of pyridine rings is 1. The molecule has 0 bridgehead atoms. The summed E-state index contributed by atoms with van der Waals surface area (Å²) >= 11 is 1.51. The molecule has 1 heterocycles. The second-order valence-electron chi connectivity index (χ2n) is 2.29. The number of nitrogens with zero attached hydrogens (tertiary/aromatic N) is 1. The average Bonchev–Trinajstić information content (AvgIpc) is 2.02. The van der Waals surface area contributed by atoms with Crippen molar-refractivity contribution in [3.05, 3.63) is 26.8 Å². The topological polar surface area (TPSA) is 50.2 Å². The molecule has 0 aliphatic carbocycles. The first-order chi connectivity index (χ1) is 6.43. The second-order valence-corrected chi connectivity index (χ2v) is 3.45. The SMILES string of the molecule is O=C(O)c1nc(C(F)F)c(F)cc1I. The van der Waals surface area contributed by atoms with E-state index in [1.165, 1.54) is 22.6 Å². The van der Waals surface area contributed by atoms with Gasteiger partial charge in [0.25, 0.3) is 6.43 Å². The Hall–Kier alpha value is -0.860. The van der Waals surface area contributed by atoms with E-state index in [9.17, 15) is 18.0 Å². The van der Waals surface area contributed by atoms with Gasteiger partial charge in [0.15, 0.2) is 11.5 Å². The summed E-state index contributed by atoms with van der Waals surface area (Å²) in [4.78, 5) is 13.5. The van der Waals surface area contributed by atoms with Crippen molar-refractivity contribution >= 4 is 28.6 Å². The van der Waals surface area contributed by atoms with Crippen molar-refractivity contribution in [2.45, 2.75) is 6.43 Å². The molecule has 0 saturated carbocycles. The van der Waals surface area contributed by atoms with Gasteiger partial charge >= 0.3 is 5.97 Å². The van der Waals surface area contributed by atoms with Crippen LogP contribution in [-0.4, -0.2) is 16.1 Å². The molecule has 0 saturated heterocycles. The number of hydrogen-bond acceptors (Lipinski definition) is 2. The number of carbonyl (C=O) groups is 1. The van der Waals surface area contributed by atoms with Gasteiger partial charge in [-0.25, -0.2) is 22.9 Å². The van der Waals surface area contributed by atoms with E-state index in [1.807, 2.05) is 0 Å². The third kappa shape index (κ3) is 2.14. The molecular formula is C7H3F3INO2. The first-order valence-corrected chi connectivity index (χ1v) is 4.38. The minimum Gasteiger partial charge on any atom is -0.476 e. The molecule has 1 N–H and O–H groups in total. The van der Waals surface area contributed by atoms with E-state index in [0.717, 1.165) is 6.07 Å². The van der Waals surface area contributed by atoms with Crippen LogP contribution in [0.4, 0.5) is 13.2 Å². The fourth-order valence-electron chi connectivity index (χ4n) is 0.784. The molecular weight excluding hydrogens is 314 g/mol. The molecule has 0 aliphatic heterocycles. The van der Waals surface area contributed by atoms with Crippen LogP contribution in [0.5, 0.6) is 0 Å². The summed E-state index contributed by atoms with van der Waals surface area (Å²) in [5.41, 5.74) is -1.70. The van der Waals surface area contributed by atoms with Gasteiger partial charge in [0.05, 0.1) is 0 Å². The normalized spacial score (nSPS) is 10.6. The van der Waals surface area contributed by atoms with Crippen LogP contribution in [-0.2, 0) is 0 Å². The Morgan fingerprint density at radius 1 is 1.57 bits per heavy atom. The molecule has 0 radical (unpaired) electrons. The highest BCUT2D eigenvalue weighted by Gasteiger charge is 2.20. The van der Waals surface area contributed by atoms with Crippen molar-refractivity contribution < 1.29 is 23.1 Å². The van der Waals surface area contributed by atoms with E-state index >= 15 is 0 Å². The van der Waals surface area contributed by atoms with E-state index < -0.39 is 29.6 Å². The molecule has 1 aromatic heterocycles. The minimum absolute atomic E-state index is 0.0167. The van der Waals surface area contributed by atoms with Gasteiger partial charge in [0.1, 0.15) is 5.69 Å². The Labute approximate surface area is 90.1 Å². The third-order valence-corrected chi connectivity index (χ3v) is 2.19. The second kappa shape index (κ2) is 4.11. The summed E-state index contributed by atoms with van der Waals surface area (Å²) in [6.45, 7) is 0. The van der Waals surface area contributed by atoms with Crippen molar-refractivity contribution in [1.29, 1.82) is 0 Å². The Morgan fingerprint density at radius 3 is 2.57 bits per heavy atom. The van der Waals surface area contributed by atoms with Crippen LogP contribution in [0.2, 0.25) is 0 Å². The molecule has 1 aromatic rings. The molecule has 1 rings (SSSR count). The largest absolute Gasteiger partial charge is 0.476 e. The van der Waals surface area contributed by atoms with Gasteiger partial charge < -0.3 is 5.11 Å². The zero-order chi connectivity index (χ0) is 10.9. The van der Waals surface area contributed by atoms with E-state index in [0.29, 0.717) is 0 Å². The Kier molecular flexibility index (Phi) is 3.29. The Bertz CT molecular complexity index is 383. The number of rotatable bonds is 2. The van der Waals surface area contributed by atoms with Crippen LogP contribution in [0.15, 0.2) is 6.07 Å². The maximum absolute atomic E-state index is 12.8. The molecule has 0 spiro atoms. The van der Waals surface area contributed by atoms with Gasteiger partial charge in [0, 0.05) is 3.57 Å². The lowest BCUT2D eigenvalue weighted by Crippen LogP contribution is -2.08. The molecule has 14 heavy (non-hydrogen) atoms. The van der Waals surface area contributed by atoms with Crippen molar-refractivity contribution in [3.63, 3.8) is 0 Å². The lowest BCUT2D eigenvalue weighted by Gasteiger charge is -2.04. The lowest BCUT2D eigenvalue weighted by atomic mass is 10.3. The van der Waals surface area contributed by atoms with Gasteiger partial charge in [-0.05, 0) is 28.7 Å². The Balaban J connectivity index is 3.34. The molecule has 0 aliphatic rings. The molecule has 0 aromatic carbocycles. The Morgan fingerprint density at radius 2 is 2.14 bits per heavy atom. The summed E-state index contributed by atoms with van der Waals surface area (Å²) in [5, 5.41) is 8.53. The van der Waals surface area contributed by atoms with Crippen LogP contribution >= 0.6 is 22.6 Å². The summed E-state index contributed by atoms with van der Waals surface area (Å²) in [5.74, 6) is -2.66. The monoisotopic (exact) mass is 317 g/mol. The first kappa shape index (κ1) is 11.2. The van der Waals surface area contributed by atoms with Crippen molar-refractivity contribution in [2.75, 3.05) is 0 Å². The predicted molar refractivity (Wildman–Crippen MR) is 48.8 cm³/mol. The maximum Gasteiger partial charge on any atom is 0.355 e. The van der Waals surface area contributed by atoms with Crippen LogP contribution in [0.25, 0.3) is 0 Å². The first-order valence-electron chi connectivity index (χ1n) is 3.31. The average molecular weight is 317 g/mol. The maximum atomic E-state index is 12.8. The number of hydrogen-bond donors (Lipinski definition) is 1. The van der Waals surface area contributed by atoms with Gasteiger partial charge in [-0.1, -0.05) is 0 Å². The molecule has 0 amide bonds. The van der Waals surface area contributed by atoms with Gasteiger partial charge in [-0.3, -0.25) is 0 Å². The molecule has 76 valence electrons. The number of aromatic carboxylic acids is 1. The van der Waals surface area contributed by atoms with Crippen LogP contribution in [0.3, 0.4) is 0 Å². The third-order valence-electron chi connectivity index (χ3n) is 1.37. The van der Waals surface area contributed by atoms with E-state index in [4.69, 9.17) is 5.11 Å². The smallest absolute Gasteiger partial charge is 0.355 e. The predicted octanol–water partition coefficient (Wildman–Crippen LogP) is 2.46. The standard InChI is InChI=1S/C7H3F3INO2/c8-2-1-3(11)5(7(13)14)12-4(2)6(9)10/h1,6H,(H,13,14). The highest BCUT2D eigenvalue weighted by Crippen LogP contribution is 2.22. The number of alkyl halides is 2. The summed E-state index contributed by atoms with van der Waals surface area (Å²) < 4.78 is 37.0. The number of halogens is 4. The number of carboxylic acids is 1. The number of carboxylic acid groups (broad SMARTS) is 1. The van der Waals surface area contributed by atoms with Gasteiger partial charge in [-0.2, -0.15) is 0 Å². The molecule has 7 heteroatoms. The van der Waals surface area contributed by atoms with Crippen LogP contribution < -0.4 is 0 Å².